The predicted octanol–water partition coefficient (Wildman–Crippen LogP) is 3.83. The predicted molar refractivity (Wildman–Crippen MR) is 63.2 cm³/mol. The summed E-state index contributed by atoms with van der Waals surface area (Å²) in [5, 5.41) is 6.94. The van der Waals surface area contributed by atoms with Crippen molar-refractivity contribution in [3.05, 3.63) is 11.4 Å². The monoisotopic (exact) mass is 263 g/mol. The molecule has 1 rings (SSSR count). The van der Waals surface area contributed by atoms with Gasteiger partial charge in [0.05, 0.1) is 5.69 Å². The molecule has 0 saturated carbocycles. The first-order valence-corrected chi connectivity index (χ1v) is 6.50. The minimum absolute atomic E-state index is 0.224. The Labute approximate surface area is 105 Å². The highest BCUT2D eigenvalue weighted by atomic mass is 19.4. The standard InChI is InChI=1S/C12H20F3N3/c1-3-5-6-7-9-18-10(8-4-2)11(16-17-18)12(13,14)15/h3-9H2,1-2H3. The number of hydrogen-bond donors (Lipinski definition) is 0. The molecule has 0 atom stereocenters. The zero-order valence-electron chi connectivity index (χ0n) is 10.9. The number of nitrogens with zero attached hydrogens (tertiary/aromatic N) is 3. The van der Waals surface area contributed by atoms with Crippen LogP contribution in [0.2, 0.25) is 0 Å². The van der Waals surface area contributed by atoms with Gasteiger partial charge in [0.2, 0.25) is 0 Å². The van der Waals surface area contributed by atoms with Gasteiger partial charge in [0.25, 0.3) is 0 Å². The van der Waals surface area contributed by atoms with Crippen molar-refractivity contribution >= 4 is 0 Å². The molecule has 0 bridgehead atoms. The third kappa shape index (κ3) is 3.99. The average molecular weight is 263 g/mol. The Kier molecular flexibility index (Phi) is 5.62. The quantitative estimate of drug-likeness (QED) is 0.700. The molecule has 0 aliphatic heterocycles. The Morgan fingerprint density at radius 2 is 1.78 bits per heavy atom. The second kappa shape index (κ2) is 6.75. The first kappa shape index (κ1) is 15.0. The lowest BCUT2D eigenvalue weighted by Crippen LogP contribution is -2.12. The summed E-state index contributed by atoms with van der Waals surface area (Å²) in [6.07, 6.45) is 0.707. The van der Waals surface area contributed by atoms with E-state index in [9.17, 15) is 13.2 Å². The smallest absolute Gasteiger partial charge is 0.249 e. The van der Waals surface area contributed by atoms with Gasteiger partial charge in [-0.2, -0.15) is 13.2 Å². The van der Waals surface area contributed by atoms with E-state index in [4.69, 9.17) is 0 Å². The number of aryl methyl sites for hydroxylation is 1. The Bertz CT molecular complexity index is 358. The first-order chi connectivity index (χ1) is 8.50. The molecule has 18 heavy (non-hydrogen) atoms. The van der Waals surface area contributed by atoms with E-state index in [1.807, 2.05) is 6.92 Å². The van der Waals surface area contributed by atoms with Gasteiger partial charge in [-0.3, -0.25) is 0 Å². The number of hydrogen-bond acceptors (Lipinski definition) is 2. The lowest BCUT2D eigenvalue weighted by atomic mass is 10.2. The topological polar surface area (TPSA) is 30.7 Å². The Morgan fingerprint density at radius 1 is 1.06 bits per heavy atom. The van der Waals surface area contributed by atoms with Gasteiger partial charge < -0.3 is 0 Å². The fraction of sp³-hybridized carbons (Fsp3) is 0.833. The molecule has 6 heteroatoms. The molecular formula is C12H20F3N3. The second-order valence-electron chi connectivity index (χ2n) is 4.42. The zero-order valence-corrected chi connectivity index (χ0v) is 10.9. The van der Waals surface area contributed by atoms with E-state index in [1.54, 1.807) is 0 Å². The Hall–Kier alpha value is -1.07. The first-order valence-electron chi connectivity index (χ1n) is 6.50. The minimum atomic E-state index is -4.40. The Morgan fingerprint density at radius 3 is 2.33 bits per heavy atom. The van der Waals surface area contributed by atoms with Crippen molar-refractivity contribution < 1.29 is 13.2 Å². The van der Waals surface area contributed by atoms with Crippen LogP contribution in [0.3, 0.4) is 0 Å². The number of rotatable bonds is 7. The van der Waals surface area contributed by atoms with Crippen LogP contribution in [0.1, 0.15) is 57.3 Å². The third-order valence-corrected chi connectivity index (χ3v) is 2.82. The number of unbranched alkanes of at least 4 members (excludes halogenated alkanes) is 3. The van der Waals surface area contributed by atoms with Crippen LogP contribution < -0.4 is 0 Å². The van der Waals surface area contributed by atoms with Crippen molar-refractivity contribution in [2.24, 2.45) is 0 Å². The fourth-order valence-corrected chi connectivity index (χ4v) is 1.91. The molecule has 1 aromatic heterocycles. The molecule has 0 amide bonds. The molecule has 0 aliphatic carbocycles. The van der Waals surface area contributed by atoms with Gasteiger partial charge in [0.15, 0.2) is 5.69 Å². The van der Waals surface area contributed by atoms with Crippen molar-refractivity contribution in [2.45, 2.75) is 65.1 Å². The SMILES string of the molecule is CCCCCCn1nnc(C(F)(F)F)c1CCC. The van der Waals surface area contributed by atoms with Gasteiger partial charge in [-0.25, -0.2) is 4.68 Å². The summed E-state index contributed by atoms with van der Waals surface area (Å²) in [4.78, 5) is 0. The van der Waals surface area contributed by atoms with E-state index < -0.39 is 11.9 Å². The maximum Gasteiger partial charge on any atom is 0.437 e. The van der Waals surface area contributed by atoms with Gasteiger partial charge in [0, 0.05) is 6.54 Å². The van der Waals surface area contributed by atoms with Crippen molar-refractivity contribution in [1.29, 1.82) is 0 Å². The maximum absolute atomic E-state index is 12.7. The van der Waals surface area contributed by atoms with Crippen LogP contribution in [0.15, 0.2) is 0 Å². The molecular weight excluding hydrogens is 243 g/mol. The molecule has 0 aliphatic rings. The summed E-state index contributed by atoms with van der Waals surface area (Å²) in [7, 11) is 0. The molecule has 3 nitrogen and oxygen atoms in total. The van der Waals surface area contributed by atoms with Crippen LogP contribution in [0.4, 0.5) is 13.2 Å². The zero-order chi connectivity index (χ0) is 13.6. The van der Waals surface area contributed by atoms with E-state index in [2.05, 4.69) is 17.2 Å². The Balaban J connectivity index is 2.75. The van der Waals surface area contributed by atoms with E-state index >= 15 is 0 Å². The van der Waals surface area contributed by atoms with Crippen molar-refractivity contribution in [2.75, 3.05) is 0 Å². The van der Waals surface area contributed by atoms with Crippen LogP contribution in [-0.2, 0) is 19.1 Å². The molecule has 0 spiro atoms. The molecule has 0 radical (unpaired) electrons. The van der Waals surface area contributed by atoms with E-state index in [1.165, 1.54) is 4.68 Å². The van der Waals surface area contributed by atoms with Gasteiger partial charge in [0.1, 0.15) is 0 Å². The van der Waals surface area contributed by atoms with Crippen LogP contribution in [0.5, 0.6) is 0 Å². The largest absolute Gasteiger partial charge is 0.437 e. The van der Waals surface area contributed by atoms with Crippen LogP contribution in [-0.4, -0.2) is 15.0 Å². The molecule has 0 saturated heterocycles. The minimum Gasteiger partial charge on any atom is -0.249 e. The highest BCUT2D eigenvalue weighted by molar-refractivity contribution is 5.13. The summed E-state index contributed by atoms with van der Waals surface area (Å²) < 4.78 is 39.6. The van der Waals surface area contributed by atoms with E-state index in [-0.39, 0.29) is 5.69 Å². The van der Waals surface area contributed by atoms with Gasteiger partial charge >= 0.3 is 6.18 Å². The lowest BCUT2D eigenvalue weighted by Gasteiger charge is -2.08. The molecule has 104 valence electrons. The average Bonchev–Trinajstić information content (AvgIpc) is 2.68. The van der Waals surface area contributed by atoms with E-state index in [0.29, 0.717) is 19.4 Å². The van der Waals surface area contributed by atoms with Gasteiger partial charge in [-0.15, -0.1) is 5.10 Å². The highest BCUT2D eigenvalue weighted by Crippen LogP contribution is 2.30. The molecule has 1 aromatic rings. The van der Waals surface area contributed by atoms with E-state index in [0.717, 1.165) is 25.7 Å². The molecule has 0 unspecified atom stereocenters. The summed E-state index contributed by atoms with van der Waals surface area (Å²) in [6, 6.07) is 0. The van der Waals surface area contributed by atoms with Crippen molar-refractivity contribution in [1.82, 2.24) is 15.0 Å². The second-order valence-corrected chi connectivity index (χ2v) is 4.42. The molecule has 1 heterocycles. The van der Waals surface area contributed by atoms with Gasteiger partial charge in [-0.1, -0.05) is 44.7 Å². The van der Waals surface area contributed by atoms with Crippen LogP contribution in [0, 0.1) is 0 Å². The fourth-order valence-electron chi connectivity index (χ4n) is 1.91. The summed E-state index contributed by atoms with van der Waals surface area (Å²) >= 11 is 0. The summed E-state index contributed by atoms with van der Waals surface area (Å²) in [5.74, 6) is 0. The summed E-state index contributed by atoms with van der Waals surface area (Å²) in [5.41, 5.74) is -0.596. The van der Waals surface area contributed by atoms with Crippen molar-refractivity contribution in [3.63, 3.8) is 0 Å². The third-order valence-electron chi connectivity index (χ3n) is 2.82. The molecule has 0 aromatic carbocycles. The number of alkyl halides is 3. The molecule has 0 fully saturated rings. The van der Waals surface area contributed by atoms with Crippen LogP contribution in [0.25, 0.3) is 0 Å². The normalized spacial score (nSPS) is 12.1. The highest BCUT2D eigenvalue weighted by Gasteiger charge is 2.38. The maximum atomic E-state index is 12.7. The van der Waals surface area contributed by atoms with Crippen LogP contribution >= 0.6 is 0 Å². The number of aromatic nitrogens is 3. The van der Waals surface area contributed by atoms with Gasteiger partial charge in [-0.05, 0) is 12.8 Å². The summed E-state index contributed by atoms with van der Waals surface area (Å²) in [6.45, 7) is 4.48. The lowest BCUT2D eigenvalue weighted by molar-refractivity contribution is -0.141. The molecule has 0 N–H and O–H groups in total. The van der Waals surface area contributed by atoms with Crippen molar-refractivity contribution in [3.8, 4) is 0 Å². The number of halogens is 3.